The van der Waals surface area contributed by atoms with Gasteiger partial charge in [-0.15, -0.1) is 5.10 Å². The number of likely N-dealkylation sites (N-methyl/N-ethyl adjacent to an activating group) is 1. The average molecular weight is 375 g/mol. The highest BCUT2D eigenvalue weighted by atomic mass is 32.1. The first-order chi connectivity index (χ1) is 12.6. The molecule has 3 N–H and O–H groups in total. The van der Waals surface area contributed by atoms with E-state index >= 15 is 0 Å². The van der Waals surface area contributed by atoms with Gasteiger partial charge in [0.05, 0.1) is 14.2 Å². The molecule has 0 unspecified atom stereocenters. The molecule has 0 radical (unpaired) electrons. The third-order valence-corrected chi connectivity index (χ3v) is 6.26. The van der Waals surface area contributed by atoms with Gasteiger partial charge in [-0.3, -0.25) is 0 Å². The minimum Gasteiger partial charge on any atom is -0.497 e. The quantitative estimate of drug-likeness (QED) is 0.565. The molecule has 0 bridgehead atoms. The van der Waals surface area contributed by atoms with Crippen molar-refractivity contribution in [1.29, 1.82) is 0 Å². The Morgan fingerprint density at radius 1 is 1.19 bits per heavy atom. The summed E-state index contributed by atoms with van der Waals surface area (Å²) in [6.07, 6.45) is 0. The van der Waals surface area contributed by atoms with Crippen LogP contribution in [0.15, 0.2) is 24.3 Å². The van der Waals surface area contributed by atoms with E-state index in [1.165, 1.54) is 21.8 Å². The second-order valence-electron chi connectivity index (χ2n) is 6.96. The Morgan fingerprint density at radius 2 is 1.88 bits per heavy atom. The smallest absolute Gasteiger partial charge is 0.235 e. The molecule has 1 saturated heterocycles. The molecule has 0 aliphatic carbocycles. The van der Waals surface area contributed by atoms with Gasteiger partial charge in [0.25, 0.3) is 0 Å². The number of quaternary nitrogens is 2. The number of benzene rings is 1. The molecule has 26 heavy (non-hydrogen) atoms. The zero-order chi connectivity index (χ0) is 18.3. The minimum atomic E-state index is 0.0720. The number of aromatic hydroxyl groups is 1. The first kappa shape index (κ1) is 17.3. The normalized spacial score (nSPS) is 21.8. The maximum Gasteiger partial charge on any atom is 0.235 e. The largest absolute Gasteiger partial charge is 0.497 e. The van der Waals surface area contributed by atoms with Crippen LogP contribution in [0.2, 0.25) is 0 Å². The number of aromatic nitrogens is 3. The Bertz CT molecular complexity index is 896. The SMILES string of the molecule is COc1ccc([C@@H](c2sc3nc(C)nn3c2O)[NH+]2CC[NH+](C)CC2)cc1. The van der Waals surface area contributed by atoms with Crippen molar-refractivity contribution < 1.29 is 19.6 Å². The lowest BCUT2D eigenvalue weighted by Gasteiger charge is -2.33. The van der Waals surface area contributed by atoms with Gasteiger partial charge in [-0.2, -0.15) is 4.52 Å². The van der Waals surface area contributed by atoms with E-state index in [0.29, 0.717) is 5.82 Å². The molecule has 4 rings (SSSR count). The summed E-state index contributed by atoms with van der Waals surface area (Å²) in [4.78, 5) is 9.14. The summed E-state index contributed by atoms with van der Waals surface area (Å²) in [5.74, 6) is 1.73. The second-order valence-corrected chi connectivity index (χ2v) is 7.97. The highest BCUT2D eigenvalue weighted by molar-refractivity contribution is 7.17. The molecule has 1 aliphatic rings. The Labute approximate surface area is 156 Å². The fourth-order valence-corrected chi connectivity index (χ4v) is 4.88. The molecule has 1 aliphatic heterocycles. The Hall–Kier alpha value is -2.16. The van der Waals surface area contributed by atoms with Gasteiger partial charge in [0.2, 0.25) is 10.8 Å². The molecule has 0 spiro atoms. The van der Waals surface area contributed by atoms with Crippen LogP contribution in [0.5, 0.6) is 11.6 Å². The van der Waals surface area contributed by atoms with Gasteiger partial charge in [-0.05, 0) is 31.2 Å². The van der Waals surface area contributed by atoms with Crippen LogP contribution in [0.4, 0.5) is 0 Å². The molecule has 138 valence electrons. The van der Waals surface area contributed by atoms with Crippen molar-refractivity contribution in [3.8, 4) is 11.6 Å². The summed E-state index contributed by atoms with van der Waals surface area (Å²) in [5, 5.41) is 15.2. The van der Waals surface area contributed by atoms with E-state index in [1.807, 2.05) is 19.1 Å². The third kappa shape index (κ3) is 3.04. The Kier molecular flexibility index (Phi) is 4.56. The number of nitrogens with zero attached hydrogens (tertiary/aromatic N) is 3. The molecule has 0 amide bonds. The summed E-state index contributed by atoms with van der Waals surface area (Å²) >= 11 is 1.53. The lowest BCUT2D eigenvalue weighted by atomic mass is 10.0. The number of fused-ring (bicyclic) bond motifs is 1. The number of nitrogens with one attached hydrogen (secondary N) is 2. The molecule has 1 fully saturated rings. The van der Waals surface area contributed by atoms with Gasteiger partial charge in [0.1, 0.15) is 42.6 Å². The average Bonchev–Trinajstić information content (AvgIpc) is 3.15. The van der Waals surface area contributed by atoms with Crippen molar-refractivity contribution in [2.75, 3.05) is 40.3 Å². The van der Waals surface area contributed by atoms with Crippen molar-refractivity contribution >= 4 is 16.3 Å². The highest BCUT2D eigenvalue weighted by Crippen LogP contribution is 2.35. The molecular weight excluding hydrogens is 350 g/mol. The van der Waals surface area contributed by atoms with Crippen LogP contribution in [0.3, 0.4) is 0 Å². The van der Waals surface area contributed by atoms with Crippen LogP contribution in [0.25, 0.3) is 4.96 Å². The van der Waals surface area contributed by atoms with E-state index in [4.69, 9.17) is 4.74 Å². The summed E-state index contributed by atoms with van der Waals surface area (Å²) in [6, 6.07) is 8.25. The minimum absolute atomic E-state index is 0.0720. The van der Waals surface area contributed by atoms with Gasteiger partial charge in [0.15, 0.2) is 6.04 Å². The number of methoxy groups -OCH3 is 1. The molecule has 3 aromatic rings. The maximum absolute atomic E-state index is 10.8. The van der Waals surface area contributed by atoms with E-state index in [1.54, 1.807) is 16.5 Å². The van der Waals surface area contributed by atoms with Crippen LogP contribution < -0.4 is 14.5 Å². The van der Waals surface area contributed by atoms with Gasteiger partial charge >= 0.3 is 0 Å². The lowest BCUT2D eigenvalue weighted by Crippen LogP contribution is -3.27. The van der Waals surface area contributed by atoms with Gasteiger partial charge < -0.3 is 19.6 Å². The zero-order valence-corrected chi connectivity index (χ0v) is 16.1. The molecule has 0 saturated carbocycles. The number of piperazine rings is 1. The predicted molar refractivity (Wildman–Crippen MR) is 99.4 cm³/mol. The molecule has 2 aromatic heterocycles. The monoisotopic (exact) mass is 375 g/mol. The predicted octanol–water partition coefficient (Wildman–Crippen LogP) is -0.684. The fraction of sp³-hybridized carbons (Fsp3) is 0.444. The van der Waals surface area contributed by atoms with Crippen LogP contribution in [-0.4, -0.2) is 60.0 Å². The Morgan fingerprint density at radius 3 is 2.50 bits per heavy atom. The van der Waals surface area contributed by atoms with Crippen molar-refractivity contribution in [2.45, 2.75) is 13.0 Å². The van der Waals surface area contributed by atoms with Crippen LogP contribution in [-0.2, 0) is 0 Å². The van der Waals surface area contributed by atoms with Crippen molar-refractivity contribution in [3.63, 3.8) is 0 Å². The first-order valence-electron chi connectivity index (χ1n) is 8.91. The summed E-state index contributed by atoms with van der Waals surface area (Å²) in [7, 11) is 3.91. The van der Waals surface area contributed by atoms with E-state index in [2.05, 4.69) is 29.3 Å². The van der Waals surface area contributed by atoms with Gasteiger partial charge in [0, 0.05) is 5.56 Å². The number of ether oxygens (including phenoxy) is 1. The topological polar surface area (TPSA) is 68.5 Å². The van der Waals surface area contributed by atoms with Crippen molar-refractivity contribution in [2.24, 2.45) is 0 Å². The summed E-state index contributed by atoms with van der Waals surface area (Å²) in [5.41, 5.74) is 1.18. The zero-order valence-electron chi connectivity index (χ0n) is 15.3. The summed E-state index contributed by atoms with van der Waals surface area (Å²) < 4.78 is 6.87. The number of aryl methyl sites for hydroxylation is 1. The van der Waals surface area contributed by atoms with Crippen LogP contribution >= 0.6 is 11.3 Å². The molecule has 1 aromatic carbocycles. The maximum atomic E-state index is 10.8. The standard InChI is InChI=1S/C18H23N5O2S/c1-12-19-18-23(20-12)17(24)16(26-18)15(22-10-8-21(2)9-11-22)13-4-6-14(25-3)7-5-13/h4-7,15,24H,8-11H2,1-3H3/p+2/t15-/m0/s1. The van der Waals surface area contributed by atoms with Crippen LogP contribution in [0, 0.1) is 6.92 Å². The van der Waals surface area contributed by atoms with Gasteiger partial charge in [-0.25, -0.2) is 4.98 Å². The van der Waals surface area contributed by atoms with Gasteiger partial charge in [-0.1, -0.05) is 11.3 Å². The Balaban J connectivity index is 1.77. The lowest BCUT2D eigenvalue weighted by molar-refractivity contribution is -1.02. The van der Waals surface area contributed by atoms with E-state index in [-0.39, 0.29) is 11.9 Å². The number of hydrogen-bond donors (Lipinski definition) is 3. The molecule has 8 heteroatoms. The van der Waals surface area contributed by atoms with Crippen LogP contribution in [0.1, 0.15) is 22.3 Å². The number of hydrogen-bond acceptors (Lipinski definition) is 5. The summed E-state index contributed by atoms with van der Waals surface area (Å²) in [6.45, 7) is 6.23. The van der Waals surface area contributed by atoms with Crippen molar-refractivity contribution in [3.05, 3.63) is 40.5 Å². The highest BCUT2D eigenvalue weighted by Gasteiger charge is 2.35. The van der Waals surface area contributed by atoms with E-state index in [9.17, 15) is 5.11 Å². The van der Waals surface area contributed by atoms with E-state index < -0.39 is 0 Å². The first-order valence-corrected chi connectivity index (χ1v) is 9.73. The second kappa shape index (κ2) is 6.86. The third-order valence-electron chi connectivity index (χ3n) is 5.17. The molecule has 7 nitrogen and oxygen atoms in total. The van der Waals surface area contributed by atoms with E-state index in [0.717, 1.165) is 41.8 Å². The number of rotatable bonds is 4. The molecular formula is C18H25N5O2S+2. The number of thiazole rings is 1. The molecule has 3 heterocycles. The van der Waals surface area contributed by atoms with Crippen molar-refractivity contribution in [1.82, 2.24) is 14.6 Å². The molecule has 1 atom stereocenters. The fourth-order valence-electron chi connectivity index (χ4n) is 3.69.